The Balaban J connectivity index is 3.12. The van der Waals surface area contributed by atoms with Gasteiger partial charge in [0.1, 0.15) is 5.82 Å². The van der Waals surface area contributed by atoms with Gasteiger partial charge in [-0.15, -0.1) is 10.2 Å². The average Bonchev–Trinajstić information content (AvgIpc) is 2.59. The molecule has 0 saturated heterocycles. The third-order valence-corrected chi connectivity index (χ3v) is 2.93. The number of ether oxygens (including phenoxy) is 1. The Labute approximate surface area is 108 Å². The van der Waals surface area contributed by atoms with Gasteiger partial charge in [-0.1, -0.05) is 34.1 Å². The number of hydrogen-bond acceptors (Lipinski definition) is 3. The van der Waals surface area contributed by atoms with Crippen LogP contribution in [0.15, 0.2) is 0 Å². The van der Waals surface area contributed by atoms with E-state index in [2.05, 4.69) is 37.9 Å². The second-order valence-corrected chi connectivity index (χ2v) is 5.65. The predicted molar refractivity (Wildman–Crippen MR) is 69.6 cm³/mol. The summed E-state index contributed by atoms with van der Waals surface area (Å²) in [5.41, 5.74) is -0.0696. The van der Waals surface area contributed by atoms with Crippen LogP contribution in [0.4, 0.5) is 0 Å². The minimum Gasteiger partial charge on any atom is -0.383 e. The third kappa shape index (κ3) is 3.42. The van der Waals surface area contributed by atoms with Crippen LogP contribution in [0.1, 0.15) is 52.4 Å². The number of halogens is 1. The lowest BCUT2D eigenvalue weighted by atomic mass is 9.95. The first kappa shape index (κ1) is 14.5. The maximum Gasteiger partial charge on any atom is 0.225 e. The fraction of sp³-hybridized carbons (Fsp3) is 0.833. The van der Waals surface area contributed by atoms with Gasteiger partial charge in [0, 0.05) is 12.5 Å². The highest BCUT2D eigenvalue weighted by Gasteiger charge is 2.27. The van der Waals surface area contributed by atoms with Gasteiger partial charge in [0.15, 0.2) is 0 Å². The van der Waals surface area contributed by atoms with E-state index in [1.165, 1.54) is 0 Å². The first-order chi connectivity index (χ1) is 7.91. The van der Waals surface area contributed by atoms with Crippen LogP contribution in [0.2, 0.25) is 5.28 Å². The van der Waals surface area contributed by atoms with E-state index in [4.69, 9.17) is 16.3 Å². The standard InChI is InChI=1S/C12H22ClN3O/c1-6-7-9(8-17-5)16-10(12(2,3)4)14-15-11(16)13/h9H,6-8H2,1-5H3. The highest BCUT2D eigenvalue weighted by Crippen LogP contribution is 2.28. The molecule has 98 valence electrons. The number of methoxy groups -OCH3 is 1. The van der Waals surface area contributed by atoms with E-state index in [1.54, 1.807) is 7.11 Å². The van der Waals surface area contributed by atoms with Crippen molar-refractivity contribution in [1.29, 1.82) is 0 Å². The molecule has 4 nitrogen and oxygen atoms in total. The molecule has 0 aromatic carbocycles. The van der Waals surface area contributed by atoms with Gasteiger partial charge in [-0.3, -0.25) is 4.57 Å². The fourth-order valence-electron chi connectivity index (χ4n) is 1.92. The summed E-state index contributed by atoms with van der Waals surface area (Å²) in [7, 11) is 1.71. The summed E-state index contributed by atoms with van der Waals surface area (Å²) < 4.78 is 7.28. The minimum atomic E-state index is -0.0696. The molecule has 1 aromatic rings. The van der Waals surface area contributed by atoms with Gasteiger partial charge >= 0.3 is 0 Å². The number of nitrogens with zero attached hydrogens (tertiary/aromatic N) is 3. The van der Waals surface area contributed by atoms with Gasteiger partial charge in [-0.2, -0.15) is 0 Å². The molecule has 0 fully saturated rings. The first-order valence-electron chi connectivity index (χ1n) is 6.01. The van der Waals surface area contributed by atoms with Gasteiger partial charge < -0.3 is 4.74 Å². The summed E-state index contributed by atoms with van der Waals surface area (Å²) >= 11 is 6.15. The van der Waals surface area contributed by atoms with Crippen molar-refractivity contribution in [1.82, 2.24) is 14.8 Å². The topological polar surface area (TPSA) is 39.9 Å². The molecule has 1 aromatic heterocycles. The Bertz CT molecular complexity index is 351. The molecule has 0 bridgehead atoms. The molecule has 0 N–H and O–H groups in total. The third-order valence-electron chi connectivity index (χ3n) is 2.67. The minimum absolute atomic E-state index is 0.0696. The van der Waals surface area contributed by atoms with E-state index < -0.39 is 0 Å². The summed E-state index contributed by atoms with van der Waals surface area (Å²) in [6.07, 6.45) is 2.08. The number of hydrogen-bond donors (Lipinski definition) is 0. The first-order valence-corrected chi connectivity index (χ1v) is 6.39. The highest BCUT2D eigenvalue weighted by molar-refractivity contribution is 6.28. The van der Waals surface area contributed by atoms with Gasteiger partial charge in [-0.05, 0) is 18.0 Å². The largest absolute Gasteiger partial charge is 0.383 e. The van der Waals surface area contributed by atoms with Crippen molar-refractivity contribution >= 4 is 11.6 Å². The van der Waals surface area contributed by atoms with E-state index in [0.717, 1.165) is 18.7 Å². The SMILES string of the molecule is CCCC(COC)n1c(Cl)nnc1C(C)(C)C. The molecule has 0 spiro atoms. The lowest BCUT2D eigenvalue weighted by molar-refractivity contribution is 0.147. The molecule has 0 aliphatic rings. The molecule has 1 heterocycles. The van der Waals surface area contributed by atoms with Crippen LogP contribution in [0.5, 0.6) is 0 Å². The van der Waals surface area contributed by atoms with Crippen molar-refractivity contribution < 1.29 is 4.74 Å². The molecule has 17 heavy (non-hydrogen) atoms. The highest BCUT2D eigenvalue weighted by atomic mass is 35.5. The molecule has 0 aliphatic heterocycles. The van der Waals surface area contributed by atoms with Crippen LogP contribution >= 0.6 is 11.6 Å². The Kier molecular flexibility index (Phi) is 4.95. The predicted octanol–water partition coefficient (Wildman–Crippen LogP) is 3.22. The van der Waals surface area contributed by atoms with Gasteiger partial charge in [0.2, 0.25) is 5.28 Å². The fourth-order valence-corrected chi connectivity index (χ4v) is 2.18. The molecule has 1 atom stereocenters. The Morgan fingerprint density at radius 2 is 2.00 bits per heavy atom. The molecule has 0 saturated carbocycles. The molecular formula is C12H22ClN3O. The molecule has 0 radical (unpaired) electrons. The zero-order valence-corrected chi connectivity index (χ0v) is 12.1. The summed E-state index contributed by atoms with van der Waals surface area (Å²) in [6.45, 7) is 9.12. The van der Waals surface area contributed by atoms with Gasteiger partial charge in [-0.25, -0.2) is 0 Å². The van der Waals surface area contributed by atoms with E-state index in [1.807, 2.05) is 4.57 Å². The maximum absolute atomic E-state index is 6.15. The number of rotatable bonds is 5. The van der Waals surface area contributed by atoms with Gasteiger partial charge in [0.05, 0.1) is 12.6 Å². The van der Waals surface area contributed by atoms with E-state index >= 15 is 0 Å². The Hall–Kier alpha value is -0.610. The molecule has 1 unspecified atom stereocenters. The summed E-state index contributed by atoms with van der Waals surface area (Å²) in [5, 5.41) is 8.64. The Morgan fingerprint density at radius 1 is 1.35 bits per heavy atom. The van der Waals surface area contributed by atoms with Crippen LogP contribution in [0, 0.1) is 0 Å². The maximum atomic E-state index is 6.15. The molecule has 0 aliphatic carbocycles. The average molecular weight is 260 g/mol. The van der Waals surface area contributed by atoms with Crippen molar-refractivity contribution in [3.63, 3.8) is 0 Å². The molecular weight excluding hydrogens is 238 g/mol. The van der Waals surface area contributed by atoms with E-state index in [-0.39, 0.29) is 11.5 Å². The summed E-state index contributed by atoms with van der Waals surface area (Å²) in [6, 6.07) is 0.210. The lowest BCUT2D eigenvalue weighted by Crippen LogP contribution is -2.24. The Morgan fingerprint density at radius 3 is 2.47 bits per heavy atom. The smallest absolute Gasteiger partial charge is 0.225 e. The zero-order valence-electron chi connectivity index (χ0n) is 11.3. The van der Waals surface area contributed by atoms with Crippen LogP contribution in [-0.2, 0) is 10.2 Å². The van der Waals surface area contributed by atoms with Crippen molar-refractivity contribution in [3.8, 4) is 0 Å². The van der Waals surface area contributed by atoms with Crippen molar-refractivity contribution in [3.05, 3.63) is 11.1 Å². The van der Waals surface area contributed by atoms with Crippen molar-refractivity contribution in [2.75, 3.05) is 13.7 Å². The van der Waals surface area contributed by atoms with Crippen LogP contribution in [0.25, 0.3) is 0 Å². The zero-order chi connectivity index (χ0) is 13.1. The molecule has 5 heteroatoms. The molecule has 1 rings (SSSR count). The van der Waals surface area contributed by atoms with Crippen molar-refractivity contribution in [2.24, 2.45) is 0 Å². The van der Waals surface area contributed by atoms with E-state index in [9.17, 15) is 0 Å². The van der Waals surface area contributed by atoms with Gasteiger partial charge in [0.25, 0.3) is 0 Å². The lowest BCUT2D eigenvalue weighted by Gasteiger charge is -2.25. The van der Waals surface area contributed by atoms with Crippen LogP contribution in [-0.4, -0.2) is 28.5 Å². The monoisotopic (exact) mass is 259 g/mol. The van der Waals surface area contributed by atoms with E-state index in [0.29, 0.717) is 11.9 Å². The van der Waals surface area contributed by atoms with Crippen LogP contribution in [0.3, 0.4) is 0 Å². The second kappa shape index (κ2) is 5.83. The summed E-state index contributed by atoms with van der Waals surface area (Å²) in [4.78, 5) is 0. The molecule has 0 amide bonds. The van der Waals surface area contributed by atoms with Crippen molar-refractivity contribution in [2.45, 2.75) is 52.0 Å². The number of aromatic nitrogens is 3. The second-order valence-electron chi connectivity index (χ2n) is 5.31. The summed E-state index contributed by atoms with van der Waals surface area (Å²) in [5.74, 6) is 0.915. The quantitative estimate of drug-likeness (QED) is 0.815. The van der Waals surface area contributed by atoms with Crippen LogP contribution < -0.4 is 0 Å². The normalized spacial score (nSPS) is 14.0.